The molecule has 0 radical (unpaired) electrons. The van der Waals surface area contributed by atoms with Gasteiger partial charge < -0.3 is 19.3 Å². The minimum Gasteiger partial charge on any atom is -0.465 e. The van der Waals surface area contributed by atoms with E-state index >= 15 is 0 Å². The fourth-order valence-electron chi connectivity index (χ4n) is 3.39. The molecular formula is C21H40N2O4. The summed E-state index contributed by atoms with van der Waals surface area (Å²) in [6.45, 7) is 5.88. The van der Waals surface area contributed by atoms with Crippen LogP contribution in [0.5, 0.6) is 0 Å². The summed E-state index contributed by atoms with van der Waals surface area (Å²) in [5.74, 6) is 0.744. The first-order valence-corrected chi connectivity index (χ1v) is 10.5. The van der Waals surface area contributed by atoms with E-state index in [9.17, 15) is 9.59 Å². The number of esters is 2. The van der Waals surface area contributed by atoms with E-state index < -0.39 is 0 Å². The van der Waals surface area contributed by atoms with Crippen LogP contribution in [-0.2, 0) is 19.1 Å². The highest BCUT2D eigenvalue weighted by atomic mass is 16.5. The molecule has 1 saturated carbocycles. The molecular weight excluding hydrogens is 344 g/mol. The molecule has 1 aliphatic rings. The van der Waals surface area contributed by atoms with E-state index in [1.165, 1.54) is 0 Å². The Morgan fingerprint density at radius 1 is 0.815 bits per heavy atom. The number of hydrogen-bond donors (Lipinski definition) is 0. The van der Waals surface area contributed by atoms with E-state index in [0.29, 0.717) is 37.9 Å². The Morgan fingerprint density at radius 3 is 1.81 bits per heavy atom. The number of ether oxygens (including phenoxy) is 2. The lowest BCUT2D eigenvalue weighted by Crippen LogP contribution is -2.27. The Morgan fingerprint density at radius 2 is 1.33 bits per heavy atom. The lowest BCUT2D eigenvalue weighted by atomic mass is 9.83. The molecule has 1 rings (SSSR count). The van der Waals surface area contributed by atoms with Crippen molar-refractivity contribution in [3.05, 3.63) is 0 Å². The summed E-state index contributed by atoms with van der Waals surface area (Å²) in [6, 6.07) is 0. The molecule has 0 N–H and O–H groups in total. The van der Waals surface area contributed by atoms with Gasteiger partial charge in [-0.25, -0.2) is 0 Å². The van der Waals surface area contributed by atoms with E-state index in [-0.39, 0.29) is 11.9 Å². The lowest BCUT2D eigenvalue weighted by Gasteiger charge is -2.28. The van der Waals surface area contributed by atoms with Crippen LogP contribution >= 0.6 is 0 Å². The third-order valence-electron chi connectivity index (χ3n) is 5.22. The van der Waals surface area contributed by atoms with Gasteiger partial charge in [-0.05, 0) is 84.6 Å². The number of carbonyl (C=O) groups excluding carboxylic acids is 2. The zero-order valence-electron chi connectivity index (χ0n) is 17.9. The molecule has 0 saturated heterocycles. The van der Waals surface area contributed by atoms with Gasteiger partial charge in [0.1, 0.15) is 0 Å². The Balaban J connectivity index is 2.06. The molecule has 6 heteroatoms. The molecule has 27 heavy (non-hydrogen) atoms. The fraction of sp³-hybridized carbons (Fsp3) is 0.905. The van der Waals surface area contributed by atoms with Gasteiger partial charge in [0.25, 0.3) is 0 Å². The van der Waals surface area contributed by atoms with Gasteiger partial charge >= 0.3 is 11.9 Å². The third kappa shape index (κ3) is 12.0. The largest absolute Gasteiger partial charge is 0.465 e. The number of carbonyl (C=O) groups is 2. The van der Waals surface area contributed by atoms with E-state index in [4.69, 9.17) is 9.47 Å². The van der Waals surface area contributed by atoms with Crippen molar-refractivity contribution in [3.8, 4) is 0 Å². The molecule has 0 aromatic rings. The van der Waals surface area contributed by atoms with E-state index in [2.05, 4.69) is 30.9 Å². The van der Waals surface area contributed by atoms with Gasteiger partial charge in [-0.1, -0.05) is 6.92 Å². The molecule has 0 aromatic heterocycles. The smallest absolute Gasteiger partial charge is 0.307 e. The number of rotatable bonds is 13. The van der Waals surface area contributed by atoms with Crippen molar-refractivity contribution in [3.63, 3.8) is 0 Å². The zero-order valence-corrected chi connectivity index (χ0v) is 17.9. The van der Waals surface area contributed by atoms with Crippen LogP contribution in [0.1, 0.15) is 58.3 Å². The molecule has 0 heterocycles. The second kappa shape index (κ2) is 13.9. The normalized spacial score (nSPS) is 20.1. The Bertz CT molecular complexity index is 420. The first kappa shape index (κ1) is 23.9. The van der Waals surface area contributed by atoms with Gasteiger partial charge in [0.2, 0.25) is 0 Å². The van der Waals surface area contributed by atoms with Crippen molar-refractivity contribution in [2.45, 2.75) is 58.3 Å². The highest BCUT2D eigenvalue weighted by Gasteiger charge is 2.23. The van der Waals surface area contributed by atoms with Gasteiger partial charge in [-0.15, -0.1) is 0 Å². The van der Waals surface area contributed by atoms with Gasteiger partial charge in [0.05, 0.1) is 19.6 Å². The van der Waals surface area contributed by atoms with Crippen LogP contribution in [0.2, 0.25) is 0 Å². The van der Waals surface area contributed by atoms with Crippen LogP contribution in [0.15, 0.2) is 0 Å². The van der Waals surface area contributed by atoms with Gasteiger partial charge in [0.15, 0.2) is 0 Å². The Kier molecular flexibility index (Phi) is 12.3. The molecule has 158 valence electrons. The average molecular weight is 385 g/mol. The quantitative estimate of drug-likeness (QED) is 0.455. The molecule has 0 amide bonds. The van der Waals surface area contributed by atoms with Crippen LogP contribution < -0.4 is 0 Å². The molecule has 0 aromatic carbocycles. The highest BCUT2D eigenvalue weighted by Crippen LogP contribution is 2.29. The van der Waals surface area contributed by atoms with E-state index in [1.54, 1.807) is 0 Å². The summed E-state index contributed by atoms with van der Waals surface area (Å²) < 4.78 is 10.8. The third-order valence-corrected chi connectivity index (χ3v) is 5.22. The van der Waals surface area contributed by atoms with Crippen LogP contribution in [0.4, 0.5) is 0 Å². The van der Waals surface area contributed by atoms with Crippen molar-refractivity contribution in [1.82, 2.24) is 9.80 Å². The SMILES string of the molecule is CCCC(=O)OCC1CCC(COC(=O)CCN(C)CCCN(C)C)CC1. The van der Waals surface area contributed by atoms with Crippen molar-refractivity contribution in [2.24, 2.45) is 11.8 Å². The van der Waals surface area contributed by atoms with Crippen molar-refractivity contribution in [1.29, 1.82) is 0 Å². The lowest BCUT2D eigenvalue weighted by molar-refractivity contribution is -0.147. The molecule has 0 bridgehead atoms. The maximum Gasteiger partial charge on any atom is 0.307 e. The molecule has 0 spiro atoms. The minimum atomic E-state index is -0.0925. The Labute approximate surface area is 165 Å². The minimum absolute atomic E-state index is 0.0831. The van der Waals surface area contributed by atoms with Gasteiger partial charge in [0, 0.05) is 13.0 Å². The monoisotopic (exact) mass is 384 g/mol. The summed E-state index contributed by atoms with van der Waals surface area (Å²) in [7, 11) is 6.20. The maximum atomic E-state index is 12.0. The molecule has 0 atom stereocenters. The summed E-state index contributed by atoms with van der Waals surface area (Å²) >= 11 is 0. The van der Waals surface area contributed by atoms with Gasteiger partial charge in [-0.2, -0.15) is 0 Å². The van der Waals surface area contributed by atoms with Crippen molar-refractivity contribution < 1.29 is 19.1 Å². The maximum absolute atomic E-state index is 12.0. The first-order chi connectivity index (χ1) is 12.9. The van der Waals surface area contributed by atoms with Gasteiger partial charge in [-0.3, -0.25) is 9.59 Å². The first-order valence-electron chi connectivity index (χ1n) is 10.5. The summed E-state index contributed by atoms with van der Waals surface area (Å²) in [6.07, 6.45) is 7.11. The molecule has 1 aliphatic carbocycles. The topological polar surface area (TPSA) is 59.1 Å². The summed E-state index contributed by atoms with van der Waals surface area (Å²) in [4.78, 5) is 27.8. The molecule has 0 unspecified atom stereocenters. The fourth-order valence-corrected chi connectivity index (χ4v) is 3.39. The van der Waals surface area contributed by atoms with Crippen LogP contribution in [0, 0.1) is 11.8 Å². The van der Waals surface area contributed by atoms with Crippen LogP contribution in [0.25, 0.3) is 0 Å². The number of nitrogens with zero attached hydrogens (tertiary/aromatic N) is 2. The van der Waals surface area contributed by atoms with Crippen molar-refractivity contribution >= 4 is 11.9 Å². The number of hydrogen-bond acceptors (Lipinski definition) is 6. The molecule has 1 fully saturated rings. The standard InChI is InChI=1S/C21H40N2O4/c1-5-7-20(24)26-16-18-8-10-19(11-9-18)17-27-21(25)12-15-23(4)14-6-13-22(2)3/h18-19H,5-17H2,1-4H3. The summed E-state index contributed by atoms with van der Waals surface area (Å²) in [5, 5.41) is 0. The average Bonchev–Trinajstić information content (AvgIpc) is 2.64. The molecule has 6 nitrogen and oxygen atoms in total. The second-order valence-corrected chi connectivity index (χ2v) is 8.21. The predicted molar refractivity (Wildman–Crippen MR) is 108 cm³/mol. The van der Waals surface area contributed by atoms with Crippen LogP contribution in [0.3, 0.4) is 0 Å². The molecule has 0 aliphatic heterocycles. The predicted octanol–water partition coefficient (Wildman–Crippen LogP) is 2.95. The van der Waals surface area contributed by atoms with Crippen molar-refractivity contribution in [2.75, 3.05) is 54.0 Å². The Hall–Kier alpha value is -1.14. The van der Waals surface area contributed by atoms with E-state index in [1.807, 2.05) is 6.92 Å². The van der Waals surface area contributed by atoms with E-state index in [0.717, 1.165) is 58.2 Å². The zero-order chi connectivity index (χ0) is 20.1. The highest BCUT2D eigenvalue weighted by molar-refractivity contribution is 5.69. The second-order valence-electron chi connectivity index (χ2n) is 8.21. The summed E-state index contributed by atoms with van der Waals surface area (Å²) in [5.41, 5.74) is 0. The van der Waals surface area contributed by atoms with Crippen LogP contribution in [-0.4, -0.2) is 75.7 Å².